The lowest BCUT2D eigenvalue weighted by Crippen LogP contribution is -2.24. The van der Waals surface area contributed by atoms with Crippen LogP contribution in [0.2, 0.25) is 0 Å². The molecular weight excluding hydrogens is 360 g/mol. The fraction of sp³-hybridized carbons (Fsp3) is 0.0769. The molecule has 5 heteroatoms. The molecule has 0 aliphatic rings. The van der Waals surface area contributed by atoms with Crippen LogP contribution in [-0.2, 0) is 6.54 Å². The molecule has 0 saturated heterocycles. The van der Waals surface area contributed by atoms with Crippen molar-refractivity contribution in [1.82, 2.24) is 10.3 Å². The monoisotopic (exact) mass is 368 g/mol. The molecule has 1 amide bonds. The fourth-order valence-corrected chi connectivity index (χ4v) is 2.31. The van der Waals surface area contributed by atoms with E-state index in [1.165, 1.54) is 0 Å². The Hall–Kier alpha value is -1.20. The van der Waals surface area contributed by atoms with E-state index in [9.17, 15) is 4.79 Å². The average molecular weight is 370 g/mol. The molecule has 1 aromatic heterocycles. The van der Waals surface area contributed by atoms with Crippen LogP contribution in [0.3, 0.4) is 0 Å². The topological polar surface area (TPSA) is 42.0 Å². The van der Waals surface area contributed by atoms with Crippen molar-refractivity contribution < 1.29 is 4.79 Å². The summed E-state index contributed by atoms with van der Waals surface area (Å²) in [7, 11) is 0. The molecule has 0 spiro atoms. The van der Waals surface area contributed by atoms with E-state index >= 15 is 0 Å². The smallest absolute Gasteiger partial charge is 0.271 e. The van der Waals surface area contributed by atoms with Crippen LogP contribution in [0.25, 0.3) is 0 Å². The number of hydrogen-bond acceptors (Lipinski definition) is 2. The van der Waals surface area contributed by atoms with Gasteiger partial charge in [-0.2, -0.15) is 0 Å². The van der Waals surface area contributed by atoms with E-state index in [1.807, 2.05) is 24.3 Å². The Bertz CT molecular complexity index is 572. The lowest BCUT2D eigenvalue weighted by Gasteiger charge is -2.07. The van der Waals surface area contributed by atoms with E-state index in [2.05, 4.69) is 42.2 Å². The molecule has 0 bridgehead atoms. The normalized spacial score (nSPS) is 10.1. The first-order valence-corrected chi connectivity index (χ1v) is 6.89. The fourth-order valence-electron chi connectivity index (χ4n) is 1.45. The lowest BCUT2D eigenvalue weighted by atomic mass is 10.2. The summed E-state index contributed by atoms with van der Waals surface area (Å²) < 4.78 is 1.67. The number of amides is 1. The van der Waals surface area contributed by atoms with E-state index in [0.29, 0.717) is 16.7 Å². The maximum absolute atomic E-state index is 11.9. The first kappa shape index (κ1) is 13.2. The molecule has 0 fully saturated rings. The largest absolute Gasteiger partial charge is 0.347 e. The van der Waals surface area contributed by atoms with Gasteiger partial charge in [0.05, 0.1) is 0 Å². The second-order valence-electron chi connectivity index (χ2n) is 3.61. The standard InChI is InChI=1S/C13H10Br2N2O/c14-10-5-2-1-4-9(10)8-17-13(18)12-11(15)6-3-7-16-12/h1-7H,8H2,(H,17,18). The van der Waals surface area contributed by atoms with Gasteiger partial charge in [-0.05, 0) is 39.7 Å². The van der Waals surface area contributed by atoms with Crippen molar-refractivity contribution in [2.24, 2.45) is 0 Å². The number of carbonyl (C=O) groups is 1. The molecule has 92 valence electrons. The molecule has 1 heterocycles. The minimum Gasteiger partial charge on any atom is -0.347 e. The number of aromatic nitrogens is 1. The highest BCUT2D eigenvalue weighted by Gasteiger charge is 2.10. The maximum Gasteiger partial charge on any atom is 0.271 e. The van der Waals surface area contributed by atoms with Gasteiger partial charge in [-0.25, -0.2) is 4.98 Å². The Balaban J connectivity index is 2.06. The number of hydrogen-bond donors (Lipinski definition) is 1. The highest BCUT2D eigenvalue weighted by molar-refractivity contribution is 9.10. The molecule has 1 aromatic carbocycles. The van der Waals surface area contributed by atoms with Gasteiger partial charge in [-0.3, -0.25) is 4.79 Å². The Morgan fingerprint density at radius 2 is 1.83 bits per heavy atom. The van der Waals surface area contributed by atoms with Gasteiger partial charge in [-0.15, -0.1) is 0 Å². The number of benzene rings is 1. The summed E-state index contributed by atoms with van der Waals surface area (Å²) in [5.74, 6) is -0.196. The van der Waals surface area contributed by atoms with Crippen LogP contribution < -0.4 is 5.32 Å². The Kier molecular flexibility index (Phi) is 4.49. The van der Waals surface area contributed by atoms with Gasteiger partial charge in [0.2, 0.25) is 0 Å². The van der Waals surface area contributed by atoms with Crippen molar-refractivity contribution in [2.45, 2.75) is 6.54 Å². The second-order valence-corrected chi connectivity index (χ2v) is 5.32. The lowest BCUT2D eigenvalue weighted by molar-refractivity contribution is 0.0945. The number of carbonyl (C=O) groups excluding carboxylic acids is 1. The van der Waals surface area contributed by atoms with Crippen LogP contribution in [0, 0.1) is 0 Å². The van der Waals surface area contributed by atoms with Crippen molar-refractivity contribution in [1.29, 1.82) is 0 Å². The van der Waals surface area contributed by atoms with Crippen molar-refractivity contribution in [3.05, 3.63) is 62.8 Å². The summed E-state index contributed by atoms with van der Waals surface area (Å²) in [6, 6.07) is 11.3. The van der Waals surface area contributed by atoms with Crippen molar-refractivity contribution in [3.8, 4) is 0 Å². The summed E-state index contributed by atoms with van der Waals surface area (Å²) in [5.41, 5.74) is 1.42. The van der Waals surface area contributed by atoms with Crippen molar-refractivity contribution >= 4 is 37.8 Å². The number of halogens is 2. The number of rotatable bonds is 3. The highest BCUT2D eigenvalue weighted by Crippen LogP contribution is 2.16. The van der Waals surface area contributed by atoms with Gasteiger partial charge >= 0.3 is 0 Å². The molecule has 0 unspecified atom stereocenters. The number of nitrogens with one attached hydrogen (secondary N) is 1. The van der Waals surface area contributed by atoms with Crippen molar-refractivity contribution in [3.63, 3.8) is 0 Å². The summed E-state index contributed by atoms with van der Waals surface area (Å²) in [4.78, 5) is 16.0. The molecule has 0 aliphatic heterocycles. The third kappa shape index (κ3) is 3.17. The van der Waals surface area contributed by atoms with Gasteiger partial charge in [0, 0.05) is 21.7 Å². The Morgan fingerprint density at radius 1 is 1.11 bits per heavy atom. The predicted octanol–water partition coefficient (Wildman–Crippen LogP) is 3.54. The molecule has 0 radical (unpaired) electrons. The van der Waals surface area contributed by atoms with Gasteiger partial charge < -0.3 is 5.32 Å². The molecule has 0 atom stereocenters. The first-order valence-electron chi connectivity index (χ1n) is 5.30. The second kappa shape index (κ2) is 6.11. The molecular formula is C13H10Br2N2O. The molecule has 2 aromatic rings. The van der Waals surface area contributed by atoms with E-state index in [0.717, 1.165) is 10.0 Å². The van der Waals surface area contributed by atoms with E-state index in [-0.39, 0.29) is 5.91 Å². The molecule has 0 saturated carbocycles. The summed E-state index contributed by atoms with van der Waals surface area (Å²) in [6.45, 7) is 0.462. The Labute approximate surface area is 122 Å². The third-order valence-electron chi connectivity index (χ3n) is 2.37. The van der Waals surface area contributed by atoms with Crippen LogP contribution in [0.5, 0.6) is 0 Å². The highest BCUT2D eigenvalue weighted by atomic mass is 79.9. The van der Waals surface area contributed by atoms with E-state index < -0.39 is 0 Å². The number of nitrogens with zero attached hydrogens (tertiary/aromatic N) is 1. The van der Waals surface area contributed by atoms with Gasteiger partial charge in [0.25, 0.3) is 5.91 Å². The van der Waals surface area contributed by atoms with Gasteiger partial charge in [-0.1, -0.05) is 34.1 Å². The minimum atomic E-state index is -0.196. The number of pyridine rings is 1. The first-order chi connectivity index (χ1) is 8.68. The third-order valence-corrected chi connectivity index (χ3v) is 3.78. The quantitative estimate of drug-likeness (QED) is 0.899. The SMILES string of the molecule is O=C(NCc1ccccc1Br)c1ncccc1Br. The van der Waals surface area contributed by atoms with Crippen LogP contribution >= 0.6 is 31.9 Å². The predicted molar refractivity (Wildman–Crippen MR) is 77.2 cm³/mol. The minimum absolute atomic E-state index is 0.196. The summed E-state index contributed by atoms with van der Waals surface area (Å²) in [5, 5.41) is 2.84. The van der Waals surface area contributed by atoms with Crippen LogP contribution in [0.4, 0.5) is 0 Å². The van der Waals surface area contributed by atoms with Crippen LogP contribution in [0.1, 0.15) is 16.1 Å². The summed E-state index contributed by atoms with van der Waals surface area (Å²) in [6.07, 6.45) is 1.60. The van der Waals surface area contributed by atoms with E-state index in [4.69, 9.17) is 0 Å². The zero-order valence-electron chi connectivity index (χ0n) is 9.36. The van der Waals surface area contributed by atoms with Crippen LogP contribution in [-0.4, -0.2) is 10.9 Å². The zero-order valence-corrected chi connectivity index (χ0v) is 12.5. The van der Waals surface area contributed by atoms with E-state index in [1.54, 1.807) is 18.3 Å². The van der Waals surface area contributed by atoms with Crippen molar-refractivity contribution in [2.75, 3.05) is 0 Å². The Morgan fingerprint density at radius 3 is 2.56 bits per heavy atom. The molecule has 18 heavy (non-hydrogen) atoms. The molecule has 3 nitrogen and oxygen atoms in total. The molecule has 0 aliphatic carbocycles. The maximum atomic E-state index is 11.9. The molecule has 2 rings (SSSR count). The van der Waals surface area contributed by atoms with Gasteiger partial charge in [0.15, 0.2) is 0 Å². The van der Waals surface area contributed by atoms with Crippen LogP contribution in [0.15, 0.2) is 51.5 Å². The zero-order chi connectivity index (χ0) is 13.0. The average Bonchev–Trinajstić information content (AvgIpc) is 2.38. The summed E-state index contributed by atoms with van der Waals surface area (Å²) >= 11 is 6.75. The molecule has 1 N–H and O–H groups in total. The van der Waals surface area contributed by atoms with Gasteiger partial charge in [0.1, 0.15) is 5.69 Å².